The van der Waals surface area contributed by atoms with E-state index in [1.807, 2.05) is 0 Å². The molecule has 0 saturated carbocycles. The molecule has 0 bridgehead atoms. The molecule has 22 heavy (non-hydrogen) atoms. The van der Waals surface area contributed by atoms with Crippen molar-refractivity contribution < 1.29 is 22.4 Å². The third-order valence-electron chi connectivity index (χ3n) is 3.73. The molecule has 1 aliphatic rings. The molecule has 0 spiro atoms. The zero-order valence-corrected chi connectivity index (χ0v) is 13.1. The first kappa shape index (κ1) is 16.4. The summed E-state index contributed by atoms with van der Waals surface area (Å²) >= 11 is 0. The van der Waals surface area contributed by atoms with Crippen LogP contribution in [0.15, 0.2) is 24.3 Å². The molecule has 0 aliphatic carbocycles. The lowest BCUT2D eigenvalue weighted by molar-refractivity contribution is -0.131. The fraction of sp³-hybridized carbons (Fsp3) is 0.429. The van der Waals surface area contributed by atoms with Crippen molar-refractivity contribution in [1.29, 1.82) is 0 Å². The van der Waals surface area contributed by atoms with E-state index < -0.39 is 33.1 Å². The topological polar surface area (TPSA) is 83.6 Å². The van der Waals surface area contributed by atoms with Crippen LogP contribution >= 0.6 is 0 Å². The Hall–Kier alpha value is -1.96. The standard InChI is InChI=1S/C14H17FN2O4S/c1-3-14(10-4-6-11(15)7-5-10)12(18)17(13(19)16-14)8-9-22(2,20)21/h4-7H,3,8-9H2,1-2H3,(H,16,19). The van der Waals surface area contributed by atoms with Crippen molar-refractivity contribution >= 4 is 21.8 Å². The van der Waals surface area contributed by atoms with Gasteiger partial charge in [0, 0.05) is 12.8 Å². The molecular formula is C14H17FN2O4S. The number of urea groups is 1. The molecule has 1 unspecified atom stereocenters. The van der Waals surface area contributed by atoms with Crippen molar-refractivity contribution in [3.8, 4) is 0 Å². The number of hydrogen-bond donors (Lipinski definition) is 1. The SMILES string of the molecule is CCC1(c2ccc(F)cc2)NC(=O)N(CCS(C)(=O)=O)C1=O. The predicted octanol–water partition coefficient (Wildman–Crippen LogP) is 1.03. The number of rotatable bonds is 5. The number of benzene rings is 1. The Labute approximate surface area is 128 Å². The van der Waals surface area contributed by atoms with Crippen LogP contribution in [0.25, 0.3) is 0 Å². The molecule has 0 radical (unpaired) electrons. The second-order valence-corrected chi connectivity index (χ2v) is 7.54. The summed E-state index contributed by atoms with van der Waals surface area (Å²) < 4.78 is 35.5. The Balaban J connectivity index is 2.33. The van der Waals surface area contributed by atoms with Gasteiger partial charge < -0.3 is 5.32 Å². The van der Waals surface area contributed by atoms with Gasteiger partial charge in [0.15, 0.2) is 0 Å². The van der Waals surface area contributed by atoms with Crippen molar-refractivity contribution in [1.82, 2.24) is 10.2 Å². The number of nitrogens with zero attached hydrogens (tertiary/aromatic N) is 1. The zero-order chi connectivity index (χ0) is 16.5. The summed E-state index contributed by atoms with van der Waals surface area (Å²) in [6, 6.07) is 4.67. The summed E-state index contributed by atoms with van der Waals surface area (Å²) in [4.78, 5) is 25.6. The number of sulfone groups is 1. The molecule has 1 aliphatic heterocycles. The van der Waals surface area contributed by atoms with Crippen LogP contribution in [-0.2, 0) is 20.2 Å². The maximum absolute atomic E-state index is 13.1. The molecule has 120 valence electrons. The Morgan fingerprint density at radius 3 is 2.32 bits per heavy atom. The van der Waals surface area contributed by atoms with Gasteiger partial charge in [0.05, 0.1) is 5.75 Å². The number of amides is 3. The van der Waals surface area contributed by atoms with Gasteiger partial charge in [-0.1, -0.05) is 19.1 Å². The summed E-state index contributed by atoms with van der Waals surface area (Å²) in [6.07, 6.45) is 1.32. The van der Waals surface area contributed by atoms with E-state index in [9.17, 15) is 22.4 Å². The average Bonchev–Trinajstić information content (AvgIpc) is 2.68. The highest BCUT2D eigenvalue weighted by Gasteiger charge is 2.51. The van der Waals surface area contributed by atoms with Crippen molar-refractivity contribution in [3.05, 3.63) is 35.6 Å². The van der Waals surface area contributed by atoms with Crippen LogP contribution in [0, 0.1) is 5.82 Å². The predicted molar refractivity (Wildman–Crippen MR) is 78.3 cm³/mol. The van der Waals surface area contributed by atoms with E-state index in [2.05, 4.69) is 5.32 Å². The molecule has 1 atom stereocenters. The van der Waals surface area contributed by atoms with Gasteiger partial charge in [-0.2, -0.15) is 0 Å². The number of imide groups is 1. The van der Waals surface area contributed by atoms with Crippen LogP contribution in [0.5, 0.6) is 0 Å². The van der Waals surface area contributed by atoms with E-state index in [-0.39, 0.29) is 18.7 Å². The zero-order valence-electron chi connectivity index (χ0n) is 12.3. The van der Waals surface area contributed by atoms with Gasteiger partial charge in [-0.25, -0.2) is 17.6 Å². The summed E-state index contributed by atoms with van der Waals surface area (Å²) in [5, 5.41) is 2.61. The van der Waals surface area contributed by atoms with Crippen LogP contribution in [0.4, 0.5) is 9.18 Å². The highest BCUT2D eigenvalue weighted by atomic mass is 32.2. The first-order valence-electron chi connectivity index (χ1n) is 6.77. The molecular weight excluding hydrogens is 311 g/mol. The van der Waals surface area contributed by atoms with E-state index in [1.165, 1.54) is 24.3 Å². The van der Waals surface area contributed by atoms with Gasteiger partial charge in [-0.15, -0.1) is 0 Å². The fourth-order valence-electron chi connectivity index (χ4n) is 2.46. The minimum atomic E-state index is -3.30. The lowest BCUT2D eigenvalue weighted by Gasteiger charge is -2.25. The summed E-state index contributed by atoms with van der Waals surface area (Å²) in [7, 11) is -3.30. The van der Waals surface area contributed by atoms with Crippen LogP contribution in [0.1, 0.15) is 18.9 Å². The van der Waals surface area contributed by atoms with E-state index in [1.54, 1.807) is 6.92 Å². The molecule has 1 fully saturated rings. The Kier molecular flexibility index (Phi) is 4.23. The van der Waals surface area contributed by atoms with Crippen molar-refractivity contribution in [3.63, 3.8) is 0 Å². The molecule has 3 amide bonds. The van der Waals surface area contributed by atoms with Gasteiger partial charge in [0.1, 0.15) is 21.2 Å². The van der Waals surface area contributed by atoms with Gasteiger partial charge in [-0.05, 0) is 24.1 Å². The molecule has 6 nitrogen and oxygen atoms in total. The molecule has 1 N–H and O–H groups in total. The van der Waals surface area contributed by atoms with Gasteiger partial charge in [-0.3, -0.25) is 9.69 Å². The van der Waals surface area contributed by atoms with E-state index in [4.69, 9.17) is 0 Å². The highest BCUT2D eigenvalue weighted by Crippen LogP contribution is 2.32. The summed E-state index contributed by atoms with van der Waals surface area (Å²) in [5.41, 5.74) is -0.806. The smallest absolute Gasteiger partial charge is 0.319 e. The number of halogens is 1. The van der Waals surface area contributed by atoms with Crippen molar-refractivity contribution in [2.24, 2.45) is 0 Å². The van der Waals surface area contributed by atoms with Crippen molar-refractivity contribution in [2.45, 2.75) is 18.9 Å². The number of carbonyl (C=O) groups excluding carboxylic acids is 2. The third kappa shape index (κ3) is 2.96. The van der Waals surface area contributed by atoms with E-state index in [0.717, 1.165) is 11.2 Å². The molecule has 0 aromatic heterocycles. The second kappa shape index (κ2) is 5.68. The molecule has 1 aromatic carbocycles. The van der Waals surface area contributed by atoms with Crippen LogP contribution < -0.4 is 5.32 Å². The largest absolute Gasteiger partial charge is 0.325 e. The quantitative estimate of drug-likeness (QED) is 0.818. The van der Waals surface area contributed by atoms with E-state index >= 15 is 0 Å². The summed E-state index contributed by atoms with van der Waals surface area (Å²) in [6.45, 7) is 1.52. The molecule has 1 heterocycles. The average molecular weight is 328 g/mol. The van der Waals surface area contributed by atoms with Gasteiger partial charge in [0.2, 0.25) is 0 Å². The first-order valence-corrected chi connectivity index (χ1v) is 8.83. The van der Waals surface area contributed by atoms with Crippen LogP contribution in [0.3, 0.4) is 0 Å². The fourth-order valence-corrected chi connectivity index (χ4v) is 2.97. The van der Waals surface area contributed by atoms with Gasteiger partial charge in [0.25, 0.3) is 5.91 Å². The highest BCUT2D eigenvalue weighted by molar-refractivity contribution is 7.90. The minimum Gasteiger partial charge on any atom is -0.319 e. The monoisotopic (exact) mass is 328 g/mol. The number of hydrogen-bond acceptors (Lipinski definition) is 4. The number of carbonyl (C=O) groups is 2. The normalized spacial score (nSPS) is 22.0. The van der Waals surface area contributed by atoms with Crippen molar-refractivity contribution in [2.75, 3.05) is 18.6 Å². The third-order valence-corrected chi connectivity index (χ3v) is 4.65. The Morgan fingerprint density at radius 2 is 1.82 bits per heavy atom. The van der Waals surface area contributed by atoms with Crippen LogP contribution in [0.2, 0.25) is 0 Å². The lowest BCUT2D eigenvalue weighted by Crippen LogP contribution is -2.43. The number of nitrogens with one attached hydrogen (secondary N) is 1. The summed E-state index contributed by atoms with van der Waals surface area (Å²) in [5.74, 6) is -1.26. The Bertz CT molecular complexity index is 702. The van der Waals surface area contributed by atoms with E-state index in [0.29, 0.717) is 5.56 Å². The lowest BCUT2D eigenvalue weighted by atomic mass is 9.87. The first-order chi connectivity index (χ1) is 10.2. The molecule has 1 aromatic rings. The molecule has 2 rings (SSSR count). The maximum Gasteiger partial charge on any atom is 0.325 e. The molecule has 1 saturated heterocycles. The molecule has 8 heteroatoms. The maximum atomic E-state index is 13.1. The second-order valence-electron chi connectivity index (χ2n) is 5.28. The minimum absolute atomic E-state index is 0.202. The van der Waals surface area contributed by atoms with Gasteiger partial charge >= 0.3 is 6.03 Å². The van der Waals surface area contributed by atoms with Crippen LogP contribution in [-0.4, -0.2) is 43.8 Å². The Morgan fingerprint density at radius 1 is 1.23 bits per heavy atom.